The van der Waals surface area contributed by atoms with Gasteiger partial charge in [-0.05, 0) is 59.8 Å². The molecule has 3 nitrogen and oxygen atoms in total. The van der Waals surface area contributed by atoms with Crippen molar-refractivity contribution in [3.05, 3.63) is 56.6 Å². The van der Waals surface area contributed by atoms with Gasteiger partial charge in [-0.15, -0.1) is 0 Å². The van der Waals surface area contributed by atoms with Crippen molar-refractivity contribution in [1.82, 2.24) is 0 Å². The van der Waals surface area contributed by atoms with Crippen LogP contribution in [-0.4, -0.2) is 18.6 Å². The lowest BCUT2D eigenvalue weighted by molar-refractivity contribution is 0.0961. The Bertz CT molecular complexity index is 704. The maximum absolute atomic E-state index is 12.8. The molecule has 21 heavy (non-hydrogen) atoms. The summed E-state index contributed by atoms with van der Waals surface area (Å²) in [6.07, 6.45) is -0.0934. The van der Waals surface area contributed by atoms with Crippen LogP contribution in [0.5, 0.6) is 5.75 Å². The highest BCUT2D eigenvalue weighted by Gasteiger charge is 2.29. The van der Waals surface area contributed by atoms with Gasteiger partial charge in [0.25, 0.3) is 5.91 Å². The van der Waals surface area contributed by atoms with E-state index in [9.17, 15) is 4.79 Å². The van der Waals surface area contributed by atoms with Gasteiger partial charge in [-0.1, -0.05) is 23.7 Å². The third-order valence-corrected chi connectivity index (χ3v) is 4.28. The van der Waals surface area contributed by atoms with Crippen LogP contribution in [-0.2, 0) is 0 Å². The molecule has 2 aromatic rings. The van der Waals surface area contributed by atoms with Crippen LogP contribution in [0.4, 0.5) is 5.69 Å². The van der Waals surface area contributed by atoms with Crippen molar-refractivity contribution in [2.75, 3.05) is 11.4 Å². The highest BCUT2D eigenvalue weighted by Crippen LogP contribution is 2.39. The third-order valence-electron chi connectivity index (χ3n) is 3.31. The van der Waals surface area contributed by atoms with Crippen molar-refractivity contribution in [3.8, 4) is 5.75 Å². The summed E-state index contributed by atoms with van der Waals surface area (Å²) in [4.78, 5) is 14.5. The summed E-state index contributed by atoms with van der Waals surface area (Å²) in [6.45, 7) is 2.44. The van der Waals surface area contributed by atoms with Crippen molar-refractivity contribution in [3.63, 3.8) is 0 Å². The number of hydrogen-bond donors (Lipinski definition) is 0. The van der Waals surface area contributed by atoms with Crippen LogP contribution in [0.15, 0.2) is 42.5 Å². The summed E-state index contributed by atoms with van der Waals surface area (Å²) < 4.78 is 6.81. The van der Waals surface area contributed by atoms with E-state index in [2.05, 4.69) is 22.6 Å². The van der Waals surface area contributed by atoms with Gasteiger partial charge in [0.2, 0.25) is 0 Å². The minimum absolute atomic E-state index is 0.0350. The van der Waals surface area contributed by atoms with E-state index >= 15 is 0 Å². The van der Waals surface area contributed by atoms with Crippen LogP contribution in [0, 0.1) is 3.57 Å². The summed E-state index contributed by atoms with van der Waals surface area (Å²) in [7, 11) is 0. The first-order valence-electron chi connectivity index (χ1n) is 6.59. The Morgan fingerprint density at radius 2 is 2.10 bits per heavy atom. The Labute approximate surface area is 142 Å². The Hall–Kier alpha value is -1.27. The van der Waals surface area contributed by atoms with Crippen LogP contribution in [0.3, 0.4) is 0 Å². The molecule has 0 spiro atoms. The number of para-hydroxylation sites is 1. The molecular weight excluding hydrogens is 401 g/mol. The number of fused-ring (bicyclic) bond motifs is 1. The van der Waals surface area contributed by atoms with E-state index in [-0.39, 0.29) is 12.0 Å². The van der Waals surface area contributed by atoms with Gasteiger partial charge in [-0.25, -0.2) is 0 Å². The number of nitrogens with zero attached hydrogens (tertiary/aromatic N) is 1. The first kappa shape index (κ1) is 14.7. The Kier molecular flexibility index (Phi) is 4.08. The van der Waals surface area contributed by atoms with Gasteiger partial charge in [0.05, 0.1) is 17.3 Å². The maximum Gasteiger partial charge on any atom is 0.258 e. The normalized spacial score (nSPS) is 17.1. The molecule has 0 radical (unpaired) electrons. The molecule has 1 aliphatic heterocycles. The van der Waals surface area contributed by atoms with Gasteiger partial charge >= 0.3 is 0 Å². The molecule has 1 aliphatic rings. The number of amides is 1. The van der Waals surface area contributed by atoms with E-state index in [1.54, 1.807) is 11.0 Å². The van der Waals surface area contributed by atoms with E-state index in [0.717, 1.165) is 9.26 Å². The first-order chi connectivity index (χ1) is 10.1. The fourth-order valence-electron chi connectivity index (χ4n) is 2.39. The van der Waals surface area contributed by atoms with E-state index in [1.807, 2.05) is 43.3 Å². The number of benzene rings is 2. The molecule has 0 bridgehead atoms. The maximum atomic E-state index is 12.8. The lowest BCUT2D eigenvalue weighted by atomic mass is 10.1. The predicted octanol–water partition coefficient (Wildman–Crippen LogP) is 4.37. The quantitative estimate of drug-likeness (QED) is 0.650. The summed E-state index contributed by atoms with van der Waals surface area (Å²) in [5.41, 5.74) is 1.39. The fourth-order valence-corrected chi connectivity index (χ4v) is 3.15. The minimum atomic E-state index is -0.0934. The summed E-state index contributed by atoms with van der Waals surface area (Å²) in [6, 6.07) is 13.0. The molecule has 5 heteroatoms. The standard InChI is InChI=1S/C16H13ClINO2/c1-10-9-19(14-7-3-6-13(17)15(14)21-10)16(20)11-4-2-5-12(18)8-11/h2-8,10H,9H2,1H3/t10-/m0/s1. The predicted molar refractivity (Wildman–Crippen MR) is 92.4 cm³/mol. The number of hydrogen-bond acceptors (Lipinski definition) is 2. The molecule has 0 saturated heterocycles. The van der Waals surface area contributed by atoms with E-state index < -0.39 is 0 Å². The number of halogens is 2. The smallest absolute Gasteiger partial charge is 0.258 e. The molecule has 0 aliphatic carbocycles. The molecule has 1 heterocycles. The molecule has 3 rings (SSSR count). The second-order valence-electron chi connectivity index (χ2n) is 4.94. The fraction of sp³-hybridized carbons (Fsp3) is 0.188. The number of ether oxygens (including phenoxy) is 1. The molecule has 1 atom stereocenters. The van der Waals surface area contributed by atoms with E-state index in [1.165, 1.54) is 0 Å². The molecule has 108 valence electrons. The third kappa shape index (κ3) is 2.87. The van der Waals surface area contributed by atoms with Crippen molar-refractivity contribution < 1.29 is 9.53 Å². The van der Waals surface area contributed by atoms with Gasteiger partial charge in [-0.2, -0.15) is 0 Å². The van der Waals surface area contributed by atoms with Crippen LogP contribution in [0.1, 0.15) is 17.3 Å². The van der Waals surface area contributed by atoms with E-state index in [0.29, 0.717) is 22.9 Å². The number of carbonyl (C=O) groups excluding carboxylic acids is 1. The largest absolute Gasteiger partial charge is 0.485 e. The molecule has 2 aromatic carbocycles. The summed E-state index contributed by atoms with van der Waals surface area (Å²) in [5, 5.41) is 0.527. The Morgan fingerprint density at radius 1 is 1.33 bits per heavy atom. The van der Waals surface area contributed by atoms with Gasteiger partial charge in [0.1, 0.15) is 6.10 Å². The Morgan fingerprint density at radius 3 is 2.86 bits per heavy atom. The summed E-state index contributed by atoms with van der Waals surface area (Å²) in [5.74, 6) is 0.545. The molecular formula is C16H13ClINO2. The second kappa shape index (κ2) is 5.85. The molecule has 0 N–H and O–H groups in total. The molecule has 1 amide bonds. The number of rotatable bonds is 1. The van der Waals surface area contributed by atoms with Crippen molar-refractivity contribution in [2.24, 2.45) is 0 Å². The SMILES string of the molecule is C[C@H]1CN(C(=O)c2cccc(I)c2)c2cccc(Cl)c2O1. The summed E-state index contributed by atoms with van der Waals surface area (Å²) >= 11 is 8.39. The van der Waals surface area contributed by atoms with Gasteiger partial charge in [0, 0.05) is 9.13 Å². The zero-order valence-corrected chi connectivity index (χ0v) is 14.3. The number of carbonyl (C=O) groups is 1. The van der Waals surface area contributed by atoms with Crippen LogP contribution < -0.4 is 9.64 Å². The van der Waals surface area contributed by atoms with Crippen molar-refractivity contribution in [2.45, 2.75) is 13.0 Å². The molecule has 0 fully saturated rings. The van der Waals surface area contributed by atoms with Crippen LogP contribution in [0.2, 0.25) is 5.02 Å². The molecule has 0 saturated carbocycles. The first-order valence-corrected chi connectivity index (χ1v) is 8.04. The van der Waals surface area contributed by atoms with E-state index in [4.69, 9.17) is 16.3 Å². The second-order valence-corrected chi connectivity index (χ2v) is 6.60. The number of anilines is 1. The van der Waals surface area contributed by atoms with Crippen molar-refractivity contribution in [1.29, 1.82) is 0 Å². The highest BCUT2D eigenvalue weighted by atomic mass is 127. The van der Waals surface area contributed by atoms with Gasteiger partial charge < -0.3 is 9.64 Å². The van der Waals surface area contributed by atoms with Gasteiger partial charge in [0.15, 0.2) is 5.75 Å². The highest BCUT2D eigenvalue weighted by molar-refractivity contribution is 14.1. The van der Waals surface area contributed by atoms with Gasteiger partial charge in [-0.3, -0.25) is 4.79 Å². The Balaban J connectivity index is 2.03. The minimum Gasteiger partial charge on any atom is -0.485 e. The average molecular weight is 414 g/mol. The van der Waals surface area contributed by atoms with Crippen molar-refractivity contribution >= 4 is 45.8 Å². The zero-order valence-electron chi connectivity index (χ0n) is 11.3. The van der Waals surface area contributed by atoms with Crippen LogP contribution >= 0.6 is 34.2 Å². The van der Waals surface area contributed by atoms with Crippen LogP contribution in [0.25, 0.3) is 0 Å². The lowest BCUT2D eigenvalue weighted by Gasteiger charge is -2.34. The topological polar surface area (TPSA) is 29.5 Å². The molecule has 0 aromatic heterocycles. The average Bonchev–Trinajstić information content (AvgIpc) is 2.47. The molecule has 0 unspecified atom stereocenters. The lowest BCUT2D eigenvalue weighted by Crippen LogP contribution is -2.42. The zero-order chi connectivity index (χ0) is 15.0. The monoisotopic (exact) mass is 413 g/mol.